The van der Waals surface area contributed by atoms with E-state index in [-0.39, 0.29) is 65.9 Å². The molecule has 3 aliphatic rings. The van der Waals surface area contributed by atoms with Crippen LogP contribution in [-0.4, -0.2) is 113 Å². The van der Waals surface area contributed by atoms with E-state index in [4.69, 9.17) is 4.74 Å². The highest BCUT2D eigenvalue weighted by atomic mass is 19.1. The molecule has 1 fully saturated rings. The van der Waals surface area contributed by atoms with Gasteiger partial charge in [0.15, 0.2) is 0 Å². The van der Waals surface area contributed by atoms with Gasteiger partial charge in [-0.1, -0.05) is 18.6 Å². The number of hydrogen-bond acceptors (Lipinski definition) is 13. The van der Waals surface area contributed by atoms with Gasteiger partial charge in [-0.2, -0.15) is 9.97 Å². The summed E-state index contributed by atoms with van der Waals surface area (Å²) in [5.41, 5.74) is 3.29. The molecule has 2 aromatic heterocycles. The largest absolute Gasteiger partial charge is 0.495 e. The molecule has 5 heterocycles. The molecule has 0 aliphatic carbocycles. The first kappa shape index (κ1) is 43.7. The number of H-pyrrole nitrogens is 1. The van der Waals surface area contributed by atoms with Crippen LogP contribution in [0.5, 0.6) is 5.75 Å². The summed E-state index contributed by atoms with van der Waals surface area (Å²) in [6.45, 7) is 0.708. The topological polar surface area (TPSA) is 240 Å². The van der Waals surface area contributed by atoms with Crippen molar-refractivity contribution in [3.05, 3.63) is 88.9 Å². The number of aromatic nitrogens is 3. The van der Waals surface area contributed by atoms with Crippen molar-refractivity contribution >= 4 is 86.9 Å². The molecule has 5 aromatic rings. The molecular formula is C45H46FN11O8. The molecule has 0 saturated carbocycles. The Kier molecular flexibility index (Phi) is 12.4. The van der Waals surface area contributed by atoms with Gasteiger partial charge in [-0.05, 0) is 73.7 Å². The number of amides is 7. The van der Waals surface area contributed by atoms with Gasteiger partial charge in [0, 0.05) is 57.6 Å². The van der Waals surface area contributed by atoms with Crippen LogP contribution in [0.1, 0.15) is 75.2 Å². The lowest BCUT2D eigenvalue weighted by atomic mass is 10.0. The molecule has 8 rings (SSSR count). The third-order valence-electron chi connectivity index (χ3n) is 11.6. The minimum atomic E-state index is -1.06. The van der Waals surface area contributed by atoms with E-state index in [0.717, 1.165) is 10.5 Å². The van der Waals surface area contributed by atoms with E-state index < -0.39 is 41.4 Å². The highest BCUT2D eigenvalue weighted by Gasteiger charge is 2.45. The second kappa shape index (κ2) is 18.4. The lowest BCUT2D eigenvalue weighted by Gasteiger charge is -2.27. The van der Waals surface area contributed by atoms with Gasteiger partial charge in [-0.25, -0.2) is 4.39 Å². The van der Waals surface area contributed by atoms with Crippen LogP contribution >= 0.6 is 0 Å². The van der Waals surface area contributed by atoms with Gasteiger partial charge in [0.05, 0.1) is 47.1 Å². The Morgan fingerprint density at radius 2 is 1.74 bits per heavy atom. The number of imide groups is 2. The minimum absolute atomic E-state index is 0.0325. The summed E-state index contributed by atoms with van der Waals surface area (Å²) >= 11 is 0. The van der Waals surface area contributed by atoms with E-state index in [1.54, 1.807) is 48.5 Å². The molecule has 1 atom stereocenters. The number of carbonyl (C=O) groups excluding carboxylic acids is 7. The first-order valence-electron chi connectivity index (χ1n) is 21.1. The predicted octanol–water partition coefficient (Wildman–Crippen LogP) is 4.37. The lowest BCUT2D eigenvalue weighted by molar-refractivity contribution is -0.136. The third kappa shape index (κ3) is 8.74. The number of aromatic amines is 1. The molecule has 3 aliphatic heterocycles. The Labute approximate surface area is 371 Å². The SMILES string of the molecule is CNC(=O)c1c(F)cccc1Nc1nc(Nc2cc3c(cc2OC)CCN3C(=O)CN(C)C(=O)CCCCCNc2cccc3c2C(=O)N(C2CCC(=O)NC2=O)C3=O)nc2[nH]ccc12. The van der Waals surface area contributed by atoms with Crippen molar-refractivity contribution < 1.29 is 42.7 Å². The number of ether oxygens (including phenoxy) is 1. The Morgan fingerprint density at radius 3 is 2.52 bits per heavy atom. The Balaban J connectivity index is 0.856. The molecule has 7 amide bonds. The maximum Gasteiger partial charge on any atom is 0.264 e. The Hall–Kier alpha value is -7.90. The maximum absolute atomic E-state index is 14.8. The second-order valence-corrected chi connectivity index (χ2v) is 15.8. The second-order valence-electron chi connectivity index (χ2n) is 15.8. The Morgan fingerprint density at radius 1 is 0.938 bits per heavy atom. The van der Waals surface area contributed by atoms with Crippen LogP contribution in [0.3, 0.4) is 0 Å². The fraction of sp³-hybridized carbons (Fsp3) is 0.311. The highest BCUT2D eigenvalue weighted by Crippen LogP contribution is 2.39. The van der Waals surface area contributed by atoms with E-state index in [2.05, 4.69) is 41.5 Å². The van der Waals surface area contributed by atoms with E-state index in [1.807, 2.05) is 6.07 Å². The number of unbranched alkanes of at least 4 members (excludes halogenated alkanes) is 2. The summed E-state index contributed by atoms with van der Waals surface area (Å²) < 4.78 is 20.5. The highest BCUT2D eigenvalue weighted by molar-refractivity contribution is 6.25. The number of likely N-dealkylation sites (N-methyl/N-ethyl adjacent to an activating group) is 1. The minimum Gasteiger partial charge on any atom is -0.495 e. The third-order valence-corrected chi connectivity index (χ3v) is 11.6. The van der Waals surface area contributed by atoms with Crippen molar-refractivity contribution in [2.75, 3.05) is 61.7 Å². The zero-order valence-electron chi connectivity index (χ0n) is 35.8. The van der Waals surface area contributed by atoms with Gasteiger partial charge in [0.2, 0.25) is 29.6 Å². The number of halogens is 1. The van der Waals surface area contributed by atoms with Crippen LogP contribution < -0.4 is 36.2 Å². The van der Waals surface area contributed by atoms with Crippen molar-refractivity contribution in [2.24, 2.45) is 0 Å². The van der Waals surface area contributed by atoms with Gasteiger partial charge in [0.25, 0.3) is 17.7 Å². The fourth-order valence-corrected chi connectivity index (χ4v) is 8.30. The molecule has 1 saturated heterocycles. The van der Waals surface area contributed by atoms with E-state index in [9.17, 15) is 38.0 Å². The van der Waals surface area contributed by atoms with E-state index >= 15 is 0 Å². The zero-order valence-corrected chi connectivity index (χ0v) is 35.8. The summed E-state index contributed by atoms with van der Waals surface area (Å²) in [6.07, 6.45) is 4.43. The van der Waals surface area contributed by atoms with Gasteiger partial charge >= 0.3 is 0 Å². The number of rotatable bonds is 16. The predicted molar refractivity (Wildman–Crippen MR) is 237 cm³/mol. The van der Waals surface area contributed by atoms with E-state index in [0.29, 0.717) is 78.4 Å². The normalized spacial score (nSPS) is 15.4. The summed E-state index contributed by atoms with van der Waals surface area (Å²) in [7, 11) is 4.53. The number of fused-ring (bicyclic) bond motifs is 3. The Bertz CT molecular complexity index is 2780. The number of piperidine rings is 1. The number of benzene rings is 3. The number of nitrogens with one attached hydrogen (secondary N) is 6. The summed E-state index contributed by atoms with van der Waals surface area (Å²) in [5, 5.41) is 14.7. The molecule has 20 heteroatoms. The smallest absolute Gasteiger partial charge is 0.264 e. The van der Waals surface area contributed by atoms with Crippen LogP contribution in [0.15, 0.2) is 60.8 Å². The molecule has 0 spiro atoms. The fourth-order valence-electron chi connectivity index (χ4n) is 8.30. The molecule has 336 valence electrons. The molecule has 3 aromatic carbocycles. The lowest BCUT2D eigenvalue weighted by Crippen LogP contribution is -2.54. The van der Waals surface area contributed by atoms with Gasteiger partial charge < -0.3 is 40.8 Å². The number of methoxy groups -OCH3 is 1. The van der Waals surface area contributed by atoms with Gasteiger partial charge in [0.1, 0.15) is 29.1 Å². The van der Waals surface area contributed by atoms with Crippen LogP contribution in [0, 0.1) is 5.82 Å². The molecule has 6 N–H and O–H groups in total. The summed E-state index contributed by atoms with van der Waals surface area (Å²) in [4.78, 5) is 106. The van der Waals surface area contributed by atoms with Crippen molar-refractivity contribution in [3.8, 4) is 5.75 Å². The quantitative estimate of drug-likeness (QED) is 0.0597. The number of nitrogens with zero attached hydrogens (tertiary/aromatic N) is 5. The number of anilines is 6. The monoisotopic (exact) mass is 887 g/mol. The average molecular weight is 888 g/mol. The molecular weight excluding hydrogens is 842 g/mol. The first-order chi connectivity index (χ1) is 31.4. The summed E-state index contributed by atoms with van der Waals surface area (Å²) in [5.74, 6) is -3.14. The van der Waals surface area contributed by atoms with Gasteiger partial charge in [-0.3, -0.25) is 43.8 Å². The van der Waals surface area contributed by atoms with Gasteiger partial charge in [-0.15, -0.1) is 0 Å². The van der Waals surface area contributed by atoms with E-state index in [1.165, 1.54) is 37.3 Å². The molecule has 1 unspecified atom stereocenters. The standard InChI is InChI=1S/C45H46FN11O8/c1-47-42(62)38-27(46)10-8-12-29(38)50-40-26-16-19-49-39(26)53-45(54-40)51-30-22-32-24(21-33(30)65-3)17-20-56(32)36(60)23-55(2)35(59)13-5-4-6-18-48-28-11-7-9-25-37(28)44(64)57(43(25)63)31-14-15-34(58)52-41(31)61/h7-12,16,19,21-22,31,48H,4-6,13-15,17-18,20,23H2,1-3H3,(H,47,62)(H,52,58,61)(H3,49,50,51,53,54). The number of carbonyl (C=O) groups is 7. The van der Waals surface area contributed by atoms with Crippen LogP contribution in [0.4, 0.5) is 38.9 Å². The van der Waals surface area contributed by atoms with Crippen LogP contribution in [0.25, 0.3) is 11.0 Å². The van der Waals surface area contributed by atoms with Crippen molar-refractivity contribution in [2.45, 2.75) is 51.0 Å². The molecule has 65 heavy (non-hydrogen) atoms. The zero-order chi connectivity index (χ0) is 45.9. The molecule has 19 nitrogen and oxygen atoms in total. The summed E-state index contributed by atoms with van der Waals surface area (Å²) in [6, 6.07) is 13.4. The molecule has 0 radical (unpaired) electrons. The number of hydrogen-bond donors (Lipinski definition) is 6. The van der Waals surface area contributed by atoms with Crippen molar-refractivity contribution in [1.29, 1.82) is 0 Å². The average Bonchev–Trinajstić information content (AvgIpc) is 4.00. The van der Waals surface area contributed by atoms with Crippen molar-refractivity contribution in [1.82, 2.24) is 35.4 Å². The van der Waals surface area contributed by atoms with Crippen LogP contribution in [0.2, 0.25) is 0 Å². The molecule has 0 bridgehead atoms. The maximum atomic E-state index is 14.8. The van der Waals surface area contributed by atoms with Crippen LogP contribution in [-0.2, 0) is 25.6 Å². The first-order valence-corrected chi connectivity index (χ1v) is 21.1. The van der Waals surface area contributed by atoms with Crippen molar-refractivity contribution in [3.63, 3.8) is 0 Å².